The van der Waals surface area contributed by atoms with E-state index in [1.165, 1.54) is 334 Å². The van der Waals surface area contributed by atoms with E-state index in [0.717, 1.165) is 25.7 Å². The standard InChI is InChI=1S/C64H129NO3/c1-3-5-7-9-11-13-15-17-19-21-23-25-27-28-29-30-31-32-33-34-35-36-38-39-41-43-45-47-49-51-53-55-57-59-63(67)62(61-66)65-64(68)60-58-56-54-52-50-48-46-44-42-40-37-26-24-22-20-18-16-14-12-10-8-6-4-2/h62-63,66-67H,3-61H2,1-2H3,(H,65,68). The van der Waals surface area contributed by atoms with Crippen LogP contribution in [0.1, 0.15) is 386 Å². The van der Waals surface area contributed by atoms with E-state index in [2.05, 4.69) is 19.2 Å². The number of hydrogen-bond donors (Lipinski definition) is 3. The second kappa shape index (κ2) is 60.7. The molecule has 2 unspecified atom stereocenters. The molecule has 1 amide bonds. The van der Waals surface area contributed by atoms with Crippen molar-refractivity contribution < 1.29 is 15.0 Å². The summed E-state index contributed by atoms with van der Waals surface area (Å²) in [7, 11) is 0. The van der Waals surface area contributed by atoms with Crippen LogP contribution in [0.5, 0.6) is 0 Å². The fourth-order valence-electron chi connectivity index (χ4n) is 10.7. The summed E-state index contributed by atoms with van der Waals surface area (Å²) in [5.74, 6) is -0.0206. The third-order valence-electron chi connectivity index (χ3n) is 15.6. The third-order valence-corrected chi connectivity index (χ3v) is 15.6. The average molecular weight is 961 g/mol. The lowest BCUT2D eigenvalue weighted by molar-refractivity contribution is -0.123. The summed E-state index contributed by atoms with van der Waals surface area (Å²) in [6, 6.07) is -0.532. The highest BCUT2D eigenvalue weighted by atomic mass is 16.3. The zero-order chi connectivity index (χ0) is 49.2. The first-order valence-corrected chi connectivity index (χ1v) is 32.2. The molecule has 4 nitrogen and oxygen atoms in total. The molecule has 408 valence electrons. The Bertz CT molecular complexity index is 910. The molecule has 0 heterocycles. The third kappa shape index (κ3) is 56.3. The van der Waals surface area contributed by atoms with E-state index < -0.39 is 12.1 Å². The molecule has 0 aromatic heterocycles. The van der Waals surface area contributed by atoms with Crippen molar-refractivity contribution in [3.05, 3.63) is 0 Å². The van der Waals surface area contributed by atoms with Gasteiger partial charge in [-0.25, -0.2) is 0 Å². The predicted octanol–water partition coefficient (Wildman–Crippen LogP) is 21.5. The van der Waals surface area contributed by atoms with Crippen molar-refractivity contribution in [1.82, 2.24) is 5.32 Å². The molecule has 0 rings (SSSR count). The molecular formula is C64H129NO3. The molecule has 0 aromatic rings. The number of rotatable bonds is 61. The highest BCUT2D eigenvalue weighted by Crippen LogP contribution is 2.19. The van der Waals surface area contributed by atoms with Crippen molar-refractivity contribution in [2.75, 3.05) is 6.61 Å². The molecule has 68 heavy (non-hydrogen) atoms. The molecule has 0 aliphatic carbocycles. The van der Waals surface area contributed by atoms with Crippen LogP contribution in [-0.2, 0) is 4.79 Å². The normalized spacial score (nSPS) is 12.6. The summed E-state index contributed by atoms with van der Waals surface area (Å²) in [6.45, 7) is 4.42. The van der Waals surface area contributed by atoms with Gasteiger partial charge in [-0.15, -0.1) is 0 Å². The molecule has 0 radical (unpaired) electrons. The van der Waals surface area contributed by atoms with Gasteiger partial charge in [-0.2, -0.15) is 0 Å². The Morgan fingerprint density at radius 1 is 0.294 bits per heavy atom. The van der Waals surface area contributed by atoms with Gasteiger partial charge in [0.25, 0.3) is 0 Å². The Morgan fingerprint density at radius 2 is 0.471 bits per heavy atom. The molecule has 0 aliphatic heterocycles. The predicted molar refractivity (Wildman–Crippen MR) is 304 cm³/mol. The molecule has 0 saturated carbocycles. The highest BCUT2D eigenvalue weighted by molar-refractivity contribution is 5.76. The number of aliphatic hydroxyl groups excluding tert-OH is 2. The molecule has 3 N–H and O–H groups in total. The van der Waals surface area contributed by atoms with E-state index in [4.69, 9.17) is 0 Å². The Kier molecular flexibility index (Phi) is 60.1. The van der Waals surface area contributed by atoms with Crippen LogP contribution in [0, 0.1) is 0 Å². The number of amides is 1. The van der Waals surface area contributed by atoms with Gasteiger partial charge in [0.2, 0.25) is 5.91 Å². The topological polar surface area (TPSA) is 69.6 Å². The first kappa shape index (κ1) is 67.4. The molecule has 0 saturated heterocycles. The summed E-state index contributed by atoms with van der Waals surface area (Å²) in [4.78, 5) is 12.5. The van der Waals surface area contributed by atoms with Crippen LogP contribution in [0.2, 0.25) is 0 Å². The van der Waals surface area contributed by atoms with Crippen molar-refractivity contribution in [3.8, 4) is 0 Å². The van der Waals surface area contributed by atoms with Gasteiger partial charge in [-0.05, 0) is 12.8 Å². The Balaban J connectivity index is 3.36. The molecule has 4 heteroatoms. The quantitative estimate of drug-likeness (QED) is 0.0532. The number of carbonyl (C=O) groups is 1. The van der Waals surface area contributed by atoms with Crippen LogP contribution < -0.4 is 5.32 Å². The minimum atomic E-state index is -0.656. The smallest absolute Gasteiger partial charge is 0.220 e. The minimum absolute atomic E-state index is 0.0206. The number of aliphatic hydroxyl groups is 2. The minimum Gasteiger partial charge on any atom is -0.394 e. The van der Waals surface area contributed by atoms with Crippen LogP contribution in [0.4, 0.5) is 0 Å². The zero-order valence-corrected chi connectivity index (χ0v) is 47.2. The summed E-state index contributed by atoms with van der Waals surface area (Å²) in [5.41, 5.74) is 0. The summed E-state index contributed by atoms with van der Waals surface area (Å²) >= 11 is 0. The molecule has 0 fully saturated rings. The largest absolute Gasteiger partial charge is 0.394 e. The van der Waals surface area contributed by atoms with Crippen molar-refractivity contribution in [1.29, 1.82) is 0 Å². The maximum absolute atomic E-state index is 12.5. The van der Waals surface area contributed by atoms with Crippen LogP contribution in [-0.4, -0.2) is 34.9 Å². The maximum atomic E-state index is 12.5. The SMILES string of the molecule is CCCCCCCCCCCCCCCCCCCCCCCCCCCCCCCCCCCC(O)C(CO)NC(=O)CCCCCCCCCCCCCCCCCCCCCCCCC. The lowest BCUT2D eigenvalue weighted by atomic mass is 10.0. The van der Waals surface area contributed by atoms with E-state index in [0.29, 0.717) is 12.8 Å². The van der Waals surface area contributed by atoms with Crippen molar-refractivity contribution in [2.45, 2.75) is 398 Å². The maximum Gasteiger partial charge on any atom is 0.220 e. The van der Waals surface area contributed by atoms with Gasteiger partial charge in [-0.1, -0.05) is 367 Å². The molecule has 0 spiro atoms. The van der Waals surface area contributed by atoms with Gasteiger partial charge in [-0.3, -0.25) is 4.79 Å². The van der Waals surface area contributed by atoms with Crippen LogP contribution in [0.15, 0.2) is 0 Å². The van der Waals surface area contributed by atoms with Gasteiger partial charge in [0.15, 0.2) is 0 Å². The van der Waals surface area contributed by atoms with E-state index in [-0.39, 0.29) is 12.5 Å². The molecule has 0 aliphatic rings. The van der Waals surface area contributed by atoms with E-state index in [1.54, 1.807) is 0 Å². The number of unbranched alkanes of at least 4 members (excludes halogenated alkanes) is 54. The Morgan fingerprint density at radius 3 is 0.662 bits per heavy atom. The van der Waals surface area contributed by atoms with Crippen molar-refractivity contribution in [2.24, 2.45) is 0 Å². The Labute approximate surface area is 429 Å². The van der Waals surface area contributed by atoms with Crippen LogP contribution in [0.25, 0.3) is 0 Å². The molecule has 0 bridgehead atoms. The van der Waals surface area contributed by atoms with Gasteiger partial charge in [0.1, 0.15) is 0 Å². The average Bonchev–Trinajstić information content (AvgIpc) is 3.34. The second-order valence-electron chi connectivity index (χ2n) is 22.6. The van der Waals surface area contributed by atoms with Gasteiger partial charge >= 0.3 is 0 Å². The highest BCUT2D eigenvalue weighted by Gasteiger charge is 2.20. The van der Waals surface area contributed by atoms with Crippen LogP contribution in [0.3, 0.4) is 0 Å². The fourth-order valence-corrected chi connectivity index (χ4v) is 10.7. The number of hydrogen-bond acceptors (Lipinski definition) is 3. The van der Waals surface area contributed by atoms with Gasteiger partial charge in [0, 0.05) is 6.42 Å². The molecular weight excluding hydrogens is 831 g/mol. The van der Waals surface area contributed by atoms with Gasteiger partial charge < -0.3 is 15.5 Å². The van der Waals surface area contributed by atoms with E-state index >= 15 is 0 Å². The zero-order valence-electron chi connectivity index (χ0n) is 47.2. The lowest BCUT2D eigenvalue weighted by Gasteiger charge is -2.22. The molecule has 2 atom stereocenters. The summed E-state index contributed by atoms with van der Waals surface area (Å²) in [5, 5.41) is 23.4. The Hall–Kier alpha value is -0.610. The second-order valence-corrected chi connectivity index (χ2v) is 22.6. The monoisotopic (exact) mass is 960 g/mol. The van der Waals surface area contributed by atoms with Crippen molar-refractivity contribution in [3.63, 3.8) is 0 Å². The van der Waals surface area contributed by atoms with E-state index in [9.17, 15) is 15.0 Å². The number of carbonyl (C=O) groups excluding carboxylic acids is 1. The fraction of sp³-hybridized carbons (Fsp3) is 0.984. The van der Waals surface area contributed by atoms with E-state index in [1.807, 2.05) is 0 Å². The first-order chi connectivity index (χ1) is 33.7. The first-order valence-electron chi connectivity index (χ1n) is 32.2. The van der Waals surface area contributed by atoms with Crippen molar-refractivity contribution >= 4 is 5.91 Å². The summed E-state index contributed by atoms with van der Waals surface area (Å²) in [6.07, 6.45) is 78.5. The van der Waals surface area contributed by atoms with Crippen LogP contribution >= 0.6 is 0 Å². The lowest BCUT2D eigenvalue weighted by Crippen LogP contribution is -2.45. The molecule has 0 aromatic carbocycles. The summed E-state index contributed by atoms with van der Waals surface area (Å²) < 4.78 is 0. The van der Waals surface area contributed by atoms with Gasteiger partial charge in [0.05, 0.1) is 18.8 Å². The number of nitrogens with one attached hydrogen (secondary N) is 1.